The zero-order valence-corrected chi connectivity index (χ0v) is 16.7. The molecule has 0 aliphatic heterocycles. The molecule has 0 saturated heterocycles. The largest absolute Gasteiger partial charge is 0.462 e. The molecule has 2 nitrogen and oxygen atoms in total. The smallest absolute Gasteiger partial charge is 0.338 e. The zero-order valence-electron chi connectivity index (χ0n) is 16.7. The highest BCUT2D eigenvalue weighted by Crippen LogP contribution is 2.44. The van der Waals surface area contributed by atoms with Crippen molar-refractivity contribution in [3.05, 3.63) is 35.4 Å². The highest BCUT2D eigenvalue weighted by Gasteiger charge is 2.31. The first-order valence-electron chi connectivity index (χ1n) is 11.0. The lowest BCUT2D eigenvalue weighted by Crippen LogP contribution is -2.25. The van der Waals surface area contributed by atoms with E-state index in [4.69, 9.17) is 4.74 Å². The SMILES string of the molecule is CCCC1CCC(C2CCC(c3ccc(C(=O)OCC)cc3)CC2)CC1. The van der Waals surface area contributed by atoms with E-state index >= 15 is 0 Å². The summed E-state index contributed by atoms with van der Waals surface area (Å²) < 4.78 is 5.08. The monoisotopic (exact) mass is 356 g/mol. The minimum Gasteiger partial charge on any atom is -0.462 e. The summed E-state index contributed by atoms with van der Waals surface area (Å²) in [5.74, 6) is 3.45. The second kappa shape index (κ2) is 9.58. The Balaban J connectivity index is 1.47. The van der Waals surface area contributed by atoms with Crippen LogP contribution in [-0.2, 0) is 4.74 Å². The Morgan fingerprint density at radius 2 is 1.46 bits per heavy atom. The lowest BCUT2D eigenvalue weighted by molar-refractivity contribution is 0.0526. The Morgan fingerprint density at radius 3 is 2.00 bits per heavy atom. The summed E-state index contributed by atoms with van der Waals surface area (Å²) in [4.78, 5) is 11.8. The lowest BCUT2D eigenvalue weighted by atomic mass is 9.68. The number of rotatable bonds is 6. The lowest BCUT2D eigenvalue weighted by Gasteiger charge is -2.38. The third kappa shape index (κ3) is 4.90. The second-order valence-electron chi connectivity index (χ2n) is 8.52. The zero-order chi connectivity index (χ0) is 18.4. The summed E-state index contributed by atoms with van der Waals surface area (Å²) in [5, 5.41) is 0. The molecule has 0 spiro atoms. The van der Waals surface area contributed by atoms with Crippen LogP contribution in [0.2, 0.25) is 0 Å². The molecule has 0 N–H and O–H groups in total. The maximum Gasteiger partial charge on any atom is 0.338 e. The first kappa shape index (κ1) is 19.5. The fraction of sp³-hybridized carbons (Fsp3) is 0.708. The van der Waals surface area contributed by atoms with Gasteiger partial charge in [-0.25, -0.2) is 4.79 Å². The Morgan fingerprint density at radius 1 is 0.885 bits per heavy atom. The maximum absolute atomic E-state index is 11.8. The molecule has 2 saturated carbocycles. The van der Waals surface area contributed by atoms with Crippen molar-refractivity contribution in [2.75, 3.05) is 6.61 Å². The van der Waals surface area contributed by atoms with Gasteiger partial charge in [-0.05, 0) is 86.8 Å². The van der Waals surface area contributed by atoms with Gasteiger partial charge < -0.3 is 4.74 Å². The molecular weight excluding hydrogens is 320 g/mol. The highest BCUT2D eigenvalue weighted by atomic mass is 16.5. The number of benzene rings is 1. The van der Waals surface area contributed by atoms with Gasteiger partial charge in [-0.1, -0.05) is 44.7 Å². The molecule has 144 valence electrons. The van der Waals surface area contributed by atoms with Gasteiger partial charge in [0.25, 0.3) is 0 Å². The van der Waals surface area contributed by atoms with Crippen LogP contribution in [0, 0.1) is 17.8 Å². The number of carbonyl (C=O) groups excluding carboxylic acids is 1. The van der Waals surface area contributed by atoms with Gasteiger partial charge in [0.1, 0.15) is 0 Å². The Kier molecular flexibility index (Phi) is 7.16. The van der Waals surface area contributed by atoms with E-state index < -0.39 is 0 Å². The molecule has 1 aromatic carbocycles. The molecule has 2 aliphatic rings. The van der Waals surface area contributed by atoms with Crippen molar-refractivity contribution in [2.45, 2.75) is 84.0 Å². The average Bonchev–Trinajstić information content (AvgIpc) is 2.69. The van der Waals surface area contributed by atoms with Crippen LogP contribution in [0.1, 0.15) is 99.9 Å². The predicted molar refractivity (Wildman–Crippen MR) is 107 cm³/mol. The highest BCUT2D eigenvalue weighted by molar-refractivity contribution is 5.89. The fourth-order valence-corrected chi connectivity index (χ4v) is 5.39. The van der Waals surface area contributed by atoms with E-state index in [-0.39, 0.29) is 5.97 Å². The Labute approximate surface area is 159 Å². The number of hydrogen-bond acceptors (Lipinski definition) is 2. The predicted octanol–water partition coefficient (Wildman–Crippen LogP) is 6.74. The minimum absolute atomic E-state index is 0.207. The number of carbonyl (C=O) groups is 1. The molecule has 0 aromatic heterocycles. The molecular formula is C24H36O2. The first-order valence-corrected chi connectivity index (χ1v) is 11.0. The van der Waals surface area contributed by atoms with Crippen LogP contribution >= 0.6 is 0 Å². The molecule has 26 heavy (non-hydrogen) atoms. The normalized spacial score (nSPS) is 29.3. The van der Waals surface area contributed by atoms with Gasteiger partial charge in [-0.2, -0.15) is 0 Å². The quantitative estimate of drug-likeness (QED) is 0.527. The molecule has 0 bridgehead atoms. The van der Waals surface area contributed by atoms with Gasteiger partial charge in [-0.3, -0.25) is 0 Å². The van der Waals surface area contributed by atoms with Crippen molar-refractivity contribution in [3.63, 3.8) is 0 Å². The molecule has 0 unspecified atom stereocenters. The minimum atomic E-state index is -0.207. The van der Waals surface area contributed by atoms with Crippen molar-refractivity contribution in [3.8, 4) is 0 Å². The van der Waals surface area contributed by atoms with Crippen LogP contribution in [0.15, 0.2) is 24.3 Å². The van der Waals surface area contributed by atoms with Crippen molar-refractivity contribution in [2.24, 2.45) is 17.8 Å². The van der Waals surface area contributed by atoms with Crippen molar-refractivity contribution >= 4 is 5.97 Å². The van der Waals surface area contributed by atoms with Crippen LogP contribution < -0.4 is 0 Å². The Hall–Kier alpha value is -1.31. The summed E-state index contributed by atoms with van der Waals surface area (Å²) in [7, 11) is 0. The molecule has 3 rings (SSSR count). The molecule has 2 fully saturated rings. The van der Waals surface area contributed by atoms with E-state index in [1.165, 1.54) is 69.8 Å². The van der Waals surface area contributed by atoms with Gasteiger partial charge >= 0.3 is 5.97 Å². The average molecular weight is 357 g/mol. The van der Waals surface area contributed by atoms with E-state index in [0.29, 0.717) is 18.1 Å². The van der Waals surface area contributed by atoms with Gasteiger partial charge in [0.15, 0.2) is 0 Å². The van der Waals surface area contributed by atoms with E-state index in [2.05, 4.69) is 19.1 Å². The van der Waals surface area contributed by atoms with Gasteiger partial charge in [0.05, 0.1) is 12.2 Å². The molecule has 0 amide bonds. The summed E-state index contributed by atoms with van der Waals surface area (Å²) in [6.45, 7) is 4.61. The van der Waals surface area contributed by atoms with Gasteiger partial charge in [0, 0.05) is 0 Å². The van der Waals surface area contributed by atoms with E-state index in [1.54, 1.807) is 0 Å². The van der Waals surface area contributed by atoms with Crippen LogP contribution in [0.25, 0.3) is 0 Å². The standard InChI is InChI=1S/C24H36O2/c1-3-5-18-6-8-19(9-7-18)20-10-12-21(13-11-20)22-14-16-23(17-15-22)24(25)26-4-2/h14-21H,3-13H2,1-2H3. The fourth-order valence-electron chi connectivity index (χ4n) is 5.39. The molecule has 0 heterocycles. The first-order chi connectivity index (χ1) is 12.7. The van der Waals surface area contributed by atoms with E-state index in [0.717, 1.165) is 17.8 Å². The van der Waals surface area contributed by atoms with Gasteiger partial charge in [0.2, 0.25) is 0 Å². The van der Waals surface area contributed by atoms with E-state index in [1.807, 2.05) is 19.1 Å². The summed E-state index contributed by atoms with van der Waals surface area (Å²) >= 11 is 0. The van der Waals surface area contributed by atoms with Crippen LogP contribution in [0.5, 0.6) is 0 Å². The van der Waals surface area contributed by atoms with Crippen LogP contribution in [-0.4, -0.2) is 12.6 Å². The topological polar surface area (TPSA) is 26.3 Å². The van der Waals surface area contributed by atoms with E-state index in [9.17, 15) is 4.79 Å². The van der Waals surface area contributed by atoms with Crippen LogP contribution in [0.4, 0.5) is 0 Å². The molecule has 0 atom stereocenters. The summed E-state index contributed by atoms with van der Waals surface area (Å²) in [6, 6.07) is 8.17. The maximum atomic E-state index is 11.8. The summed E-state index contributed by atoms with van der Waals surface area (Å²) in [5.41, 5.74) is 2.08. The Bertz CT molecular complexity index is 546. The number of esters is 1. The molecule has 0 radical (unpaired) electrons. The van der Waals surface area contributed by atoms with Crippen molar-refractivity contribution in [1.29, 1.82) is 0 Å². The molecule has 1 aromatic rings. The number of ether oxygens (including phenoxy) is 1. The summed E-state index contributed by atoms with van der Waals surface area (Å²) in [6.07, 6.45) is 14.2. The van der Waals surface area contributed by atoms with Crippen molar-refractivity contribution < 1.29 is 9.53 Å². The third-order valence-corrected chi connectivity index (χ3v) is 6.92. The van der Waals surface area contributed by atoms with Crippen molar-refractivity contribution in [1.82, 2.24) is 0 Å². The van der Waals surface area contributed by atoms with Gasteiger partial charge in [-0.15, -0.1) is 0 Å². The molecule has 2 aliphatic carbocycles. The van der Waals surface area contributed by atoms with Crippen LogP contribution in [0.3, 0.4) is 0 Å². The third-order valence-electron chi connectivity index (χ3n) is 6.92. The number of hydrogen-bond donors (Lipinski definition) is 0. The second-order valence-corrected chi connectivity index (χ2v) is 8.52. The molecule has 2 heteroatoms.